The van der Waals surface area contributed by atoms with Gasteiger partial charge in [0, 0.05) is 20.1 Å². The van der Waals surface area contributed by atoms with E-state index in [9.17, 15) is 4.79 Å². The first-order valence-corrected chi connectivity index (χ1v) is 7.78. The maximum Gasteiger partial charge on any atom is 0.276 e. The molecule has 5 heteroatoms. The molecule has 0 aliphatic carbocycles. The smallest absolute Gasteiger partial charge is 0.276 e. The van der Waals surface area contributed by atoms with Gasteiger partial charge < -0.3 is 4.57 Å². The predicted molar refractivity (Wildman–Crippen MR) is 91.7 cm³/mol. The summed E-state index contributed by atoms with van der Waals surface area (Å²) in [6.07, 6.45) is 1.82. The van der Waals surface area contributed by atoms with E-state index < -0.39 is 0 Å². The third-order valence-corrected chi connectivity index (χ3v) is 4.42. The number of nitrogens with zero attached hydrogens (tertiary/aromatic N) is 4. The van der Waals surface area contributed by atoms with Gasteiger partial charge in [-0.15, -0.1) is 0 Å². The minimum atomic E-state index is 0.0283. The Morgan fingerprint density at radius 1 is 1.04 bits per heavy atom. The first-order chi connectivity index (χ1) is 11.2. The van der Waals surface area contributed by atoms with Crippen LogP contribution in [0.1, 0.15) is 12.5 Å². The lowest BCUT2D eigenvalue weighted by molar-refractivity contribution is 0.532. The summed E-state index contributed by atoms with van der Waals surface area (Å²) >= 11 is 0. The molecule has 2 aromatic heterocycles. The lowest BCUT2D eigenvalue weighted by atomic mass is 10.2. The van der Waals surface area contributed by atoms with Crippen LogP contribution in [0.15, 0.2) is 53.6 Å². The highest BCUT2D eigenvalue weighted by Gasteiger charge is 2.15. The Balaban J connectivity index is 1.94. The minimum absolute atomic E-state index is 0.0283. The zero-order valence-corrected chi connectivity index (χ0v) is 13.2. The Labute approximate surface area is 133 Å². The molecular weight excluding hydrogens is 288 g/mol. The van der Waals surface area contributed by atoms with Crippen molar-refractivity contribution in [1.29, 1.82) is 0 Å². The molecule has 23 heavy (non-hydrogen) atoms. The zero-order chi connectivity index (χ0) is 16.0. The highest BCUT2D eigenvalue weighted by Crippen LogP contribution is 2.22. The molecule has 0 N–H and O–H groups in total. The van der Waals surface area contributed by atoms with Crippen molar-refractivity contribution in [2.45, 2.75) is 20.0 Å². The van der Waals surface area contributed by atoms with Gasteiger partial charge in [-0.25, -0.2) is 4.98 Å². The molecule has 116 valence electrons. The standard InChI is InChI=1S/C18H18N4O/c1-3-22-18(23)16-14(20(22)2)9-10-15-17(16)19-12-21(15)11-13-7-5-4-6-8-13/h4-10,12H,3,11H2,1-2H3. The van der Waals surface area contributed by atoms with E-state index in [1.54, 1.807) is 4.68 Å². The summed E-state index contributed by atoms with van der Waals surface area (Å²) < 4.78 is 5.74. The van der Waals surface area contributed by atoms with E-state index in [-0.39, 0.29) is 5.56 Å². The molecule has 0 saturated heterocycles. The van der Waals surface area contributed by atoms with Crippen molar-refractivity contribution < 1.29 is 0 Å². The van der Waals surface area contributed by atoms with E-state index in [0.717, 1.165) is 23.1 Å². The molecule has 0 aliphatic heterocycles. The molecule has 0 radical (unpaired) electrons. The summed E-state index contributed by atoms with van der Waals surface area (Å²) in [6, 6.07) is 14.3. The van der Waals surface area contributed by atoms with Crippen molar-refractivity contribution in [2.24, 2.45) is 7.05 Å². The van der Waals surface area contributed by atoms with Crippen molar-refractivity contribution >= 4 is 21.9 Å². The zero-order valence-electron chi connectivity index (χ0n) is 13.2. The fourth-order valence-corrected chi connectivity index (χ4v) is 3.26. The van der Waals surface area contributed by atoms with Gasteiger partial charge in [-0.1, -0.05) is 30.3 Å². The average molecular weight is 306 g/mol. The molecule has 4 rings (SSSR count). The third kappa shape index (κ3) is 2.00. The minimum Gasteiger partial charge on any atom is -0.326 e. The molecule has 0 bridgehead atoms. The van der Waals surface area contributed by atoms with E-state index in [1.165, 1.54) is 5.56 Å². The van der Waals surface area contributed by atoms with Gasteiger partial charge in [0.2, 0.25) is 0 Å². The Bertz CT molecular complexity index is 1050. The number of benzene rings is 2. The Hall–Kier alpha value is -2.82. The van der Waals surface area contributed by atoms with Crippen molar-refractivity contribution in [2.75, 3.05) is 0 Å². The summed E-state index contributed by atoms with van der Waals surface area (Å²) in [6.45, 7) is 3.37. The molecule has 4 aromatic rings. The monoisotopic (exact) mass is 306 g/mol. The Morgan fingerprint density at radius 3 is 2.52 bits per heavy atom. The normalized spacial score (nSPS) is 11.6. The Kier molecular flexibility index (Phi) is 3.08. The molecule has 2 aromatic carbocycles. The largest absolute Gasteiger partial charge is 0.326 e. The molecule has 5 nitrogen and oxygen atoms in total. The summed E-state index contributed by atoms with van der Waals surface area (Å²) in [7, 11) is 1.92. The number of aryl methyl sites for hydroxylation is 1. The quantitative estimate of drug-likeness (QED) is 0.584. The highest BCUT2D eigenvalue weighted by molar-refractivity contribution is 6.02. The number of aromatic nitrogens is 4. The highest BCUT2D eigenvalue weighted by atomic mass is 16.1. The molecule has 0 unspecified atom stereocenters. The van der Waals surface area contributed by atoms with Gasteiger partial charge in [-0.2, -0.15) is 0 Å². The van der Waals surface area contributed by atoms with Crippen molar-refractivity contribution in [3.63, 3.8) is 0 Å². The maximum absolute atomic E-state index is 12.7. The third-order valence-electron chi connectivity index (χ3n) is 4.42. The van der Waals surface area contributed by atoms with Crippen molar-refractivity contribution in [3.05, 3.63) is 64.7 Å². The number of hydrogen-bond donors (Lipinski definition) is 0. The molecule has 0 amide bonds. The van der Waals surface area contributed by atoms with Crippen LogP contribution in [0, 0.1) is 0 Å². The first kappa shape index (κ1) is 13.8. The lowest BCUT2D eigenvalue weighted by Crippen LogP contribution is -2.19. The van der Waals surface area contributed by atoms with Gasteiger partial charge in [0.15, 0.2) is 0 Å². The second-order valence-electron chi connectivity index (χ2n) is 5.73. The topological polar surface area (TPSA) is 44.8 Å². The second kappa shape index (κ2) is 5.12. The molecule has 0 fully saturated rings. The van der Waals surface area contributed by atoms with E-state index in [1.807, 2.05) is 55.3 Å². The van der Waals surface area contributed by atoms with E-state index in [2.05, 4.69) is 21.7 Å². The van der Waals surface area contributed by atoms with Gasteiger partial charge in [0.1, 0.15) is 5.52 Å². The van der Waals surface area contributed by atoms with E-state index in [0.29, 0.717) is 11.9 Å². The van der Waals surface area contributed by atoms with Crippen molar-refractivity contribution in [1.82, 2.24) is 18.9 Å². The van der Waals surface area contributed by atoms with E-state index >= 15 is 0 Å². The van der Waals surface area contributed by atoms with Gasteiger partial charge in [0.05, 0.1) is 22.7 Å². The van der Waals surface area contributed by atoms with Crippen LogP contribution in [0.5, 0.6) is 0 Å². The average Bonchev–Trinajstić information content (AvgIpc) is 3.08. The molecule has 0 atom stereocenters. The predicted octanol–water partition coefficient (Wildman–Crippen LogP) is 2.76. The van der Waals surface area contributed by atoms with E-state index in [4.69, 9.17) is 0 Å². The van der Waals surface area contributed by atoms with Gasteiger partial charge in [0.25, 0.3) is 5.56 Å². The van der Waals surface area contributed by atoms with Crippen LogP contribution in [-0.2, 0) is 20.1 Å². The summed E-state index contributed by atoms with van der Waals surface area (Å²) in [5.41, 5.74) is 3.94. The van der Waals surface area contributed by atoms with Crippen LogP contribution in [0.4, 0.5) is 0 Å². The summed E-state index contributed by atoms with van der Waals surface area (Å²) in [5, 5.41) is 0.707. The first-order valence-electron chi connectivity index (χ1n) is 7.78. The number of fused-ring (bicyclic) bond motifs is 3. The Morgan fingerprint density at radius 2 is 1.78 bits per heavy atom. The van der Waals surface area contributed by atoms with Crippen LogP contribution in [0.3, 0.4) is 0 Å². The molecule has 0 spiro atoms. The van der Waals surface area contributed by atoms with Gasteiger partial charge in [-0.05, 0) is 24.6 Å². The fraction of sp³-hybridized carbons (Fsp3) is 0.222. The second-order valence-corrected chi connectivity index (χ2v) is 5.73. The van der Waals surface area contributed by atoms with Crippen LogP contribution in [0.2, 0.25) is 0 Å². The number of imidazole rings is 1. The maximum atomic E-state index is 12.7. The number of hydrogen-bond acceptors (Lipinski definition) is 2. The van der Waals surface area contributed by atoms with Crippen LogP contribution >= 0.6 is 0 Å². The number of rotatable bonds is 3. The molecular formula is C18H18N4O. The SMILES string of the molecule is CCn1c(=O)c2c3ncn(Cc4ccccc4)c3ccc2n1C. The molecule has 0 saturated carbocycles. The van der Waals surface area contributed by atoms with Crippen LogP contribution in [-0.4, -0.2) is 18.9 Å². The van der Waals surface area contributed by atoms with Crippen LogP contribution in [0.25, 0.3) is 21.9 Å². The fourth-order valence-electron chi connectivity index (χ4n) is 3.26. The molecule has 0 aliphatic rings. The summed E-state index contributed by atoms with van der Waals surface area (Å²) in [5.74, 6) is 0. The lowest BCUT2D eigenvalue weighted by Gasteiger charge is -2.05. The van der Waals surface area contributed by atoms with Crippen molar-refractivity contribution in [3.8, 4) is 0 Å². The van der Waals surface area contributed by atoms with Crippen LogP contribution < -0.4 is 5.56 Å². The summed E-state index contributed by atoms with van der Waals surface area (Å²) in [4.78, 5) is 17.2. The van der Waals surface area contributed by atoms with Gasteiger partial charge in [-0.3, -0.25) is 14.2 Å². The molecule has 2 heterocycles. The van der Waals surface area contributed by atoms with Gasteiger partial charge >= 0.3 is 0 Å².